The minimum Gasteiger partial charge on any atom is -0.468 e. The first-order chi connectivity index (χ1) is 13.4. The zero-order chi connectivity index (χ0) is 19.9. The van der Waals surface area contributed by atoms with E-state index in [1.165, 1.54) is 30.9 Å². The molecule has 0 aliphatic heterocycles. The van der Waals surface area contributed by atoms with Crippen molar-refractivity contribution in [1.82, 2.24) is 0 Å². The lowest BCUT2D eigenvalue weighted by molar-refractivity contribution is -0.243. The van der Waals surface area contributed by atoms with Gasteiger partial charge >= 0.3 is 11.9 Å². The first-order valence-electron chi connectivity index (χ1n) is 9.70. The molecule has 2 unspecified atom stereocenters. The predicted molar refractivity (Wildman–Crippen MR) is 104 cm³/mol. The second-order valence-corrected chi connectivity index (χ2v) is 8.84. The third-order valence-electron chi connectivity index (χ3n) is 8.22. The maximum absolute atomic E-state index is 13.4. The highest BCUT2D eigenvalue weighted by Crippen LogP contribution is 2.86. The minimum atomic E-state index is -1.39. The van der Waals surface area contributed by atoms with Crippen molar-refractivity contribution >= 4 is 11.9 Å². The van der Waals surface area contributed by atoms with Crippen molar-refractivity contribution in [3.63, 3.8) is 0 Å². The van der Waals surface area contributed by atoms with Gasteiger partial charge in [0.1, 0.15) is 0 Å². The molecule has 5 rings (SSSR count). The standard InChI is InChI=1S/C24H24O4/c1-21(2)22-13-15-9-6-8-12-18(15)23(22,14-16-10-5-7-11-17(16)22)24(21,19(25)27-3)20(26)28-4/h5-12H,13-14H2,1-4H3. The Hall–Kier alpha value is -2.62. The molecule has 0 aromatic heterocycles. The molecule has 0 spiro atoms. The predicted octanol–water partition coefficient (Wildman–Crippen LogP) is 3.35. The van der Waals surface area contributed by atoms with Crippen LogP contribution in [0.1, 0.15) is 36.1 Å². The van der Waals surface area contributed by atoms with Crippen molar-refractivity contribution in [2.45, 2.75) is 37.5 Å². The molecule has 2 aromatic rings. The molecule has 1 saturated carbocycles. The summed E-state index contributed by atoms with van der Waals surface area (Å²) in [5.74, 6) is -0.992. The highest BCUT2D eigenvalue weighted by Gasteiger charge is 2.94. The van der Waals surface area contributed by atoms with Crippen molar-refractivity contribution in [1.29, 1.82) is 0 Å². The van der Waals surface area contributed by atoms with Crippen LogP contribution in [0.2, 0.25) is 0 Å². The van der Waals surface area contributed by atoms with Crippen LogP contribution in [0.15, 0.2) is 48.5 Å². The topological polar surface area (TPSA) is 52.6 Å². The van der Waals surface area contributed by atoms with Crippen LogP contribution in [-0.2, 0) is 42.7 Å². The zero-order valence-electron chi connectivity index (χ0n) is 16.7. The fourth-order valence-electron chi connectivity index (χ4n) is 7.49. The summed E-state index contributed by atoms with van der Waals surface area (Å²) in [6.07, 6.45) is 1.44. The third-order valence-corrected chi connectivity index (χ3v) is 8.22. The average Bonchev–Trinajstić information content (AvgIpc) is 3.13. The van der Waals surface area contributed by atoms with Crippen LogP contribution in [0.5, 0.6) is 0 Å². The van der Waals surface area contributed by atoms with E-state index in [-0.39, 0.29) is 5.41 Å². The monoisotopic (exact) mass is 376 g/mol. The molecule has 4 heteroatoms. The number of fused-ring (bicyclic) bond motifs is 2. The fraction of sp³-hybridized carbons (Fsp3) is 0.417. The number of ether oxygens (including phenoxy) is 2. The Labute approximate surface area is 164 Å². The average molecular weight is 376 g/mol. The highest BCUT2D eigenvalue weighted by molar-refractivity contribution is 6.07. The molecule has 0 amide bonds. The molecule has 28 heavy (non-hydrogen) atoms. The summed E-state index contributed by atoms with van der Waals surface area (Å²) in [5.41, 5.74) is 1.65. The molecule has 0 saturated heterocycles. The second-order valence-electron chi connectivity index (χ2n) is 8.84. The summed E-state index contributed by atoms with van der Waals surface area (Å²) in [7, 11) is 2.73. The van der Waals surface area contributed by atoms with Gasteiger partial charge < -0.3 is 9.47 Å². The maximum Gasteiger partial charge on any atom is 0.324 e. The highest BCUT2D eigenvalue weighted by atomic mass is 16.5. The molecule has 4 nitrogen and oxygen atoms in total. The van der Waals surface area contributed by atoms with E-state index in [1.807, 2.05) is 32.0 Å². The van der Waals surface area contributed by atoms with Crippen molar-refractivity contribution in [2.24, 2.45) is 10.8 Å². The van der Waals surface area contributed by atoms with Crippen molar-refractivity contribution in [3.8, 4) is 0 Å². The smallest absolute Gasteiger partial charge is 0.324 e. The Bertz CT molecular complexity index is 1020. The Kier molecular flexibility index (Phi) is 3.15. The molecule has 3 aliphatic rings. The van der Waals surface area contributed by atoms with Crippen LogP contribution >= 0.6 is 0 Å². The molecular formula is C24H24O4. The number of carbonyl (C=O) groups excluding carboxylic acids is 2. The Morgan fingerprint density at radius 2 is 1.18 bits per heavy atom. The molecular weight excluding hydrogens is 352 g/mol. The largest absolute Gasteiger partial charge is 0.468 e. The molecule has 144 valence electrons. The normalized spacial score (nSPS) is 29.6. The van der Waals surface area contributed by atoms with E-state index in [0.29, 0.717) is 6.42 Å². The molecule has 0 heterocycles. The number of methoxy groups -OCH3 is 2. The van der Waals surface area contributed by atoms with Gasteiger partial charge in [0, 0.05) is 16.2 Å². The van der Waals surface area contributed by atoms with Gasteiger partial charge in [-0.05, 0) is 35.1 Å². The van der Waals surface area contributed by atoms with E-state index in [9.17, 15) is 9.59 Å². The van der Waals surface area contributed by atoms with Gasteiger partial charge in [-0.3, -0.25) is 9.59 Å². The second kappa shape index (κ2) is 5.05. The lowest BCUT2D eigenvalue weighted by Gasteiger charge is -2.73. The fourth-order valence-corrected chi connectivity index (χ4v) is 7.49. The summed E-state index contributed by atoms with van der Waals surface area (Å²) in [5, 5.41) is 0. The van der Waals surface area contributed by atoms with Gasteiger partial charge in [-0.2, -0.15) is 0 Å². The quantitative estimate of drug-likeness (QED) is 0.596. The van der Waals surface area contributed by atoms with Gasteiger partial charge in [-0.15, -0.1) is 0 Å². The van der Waals surface area contributed by atoms with E-state index < -0.39 is 28.2 Å². The van der Waals surface area contributed by atoms with Gasteiger partial charge in [-0.25, -0.2) is 0 Å². The van der Waals surface area contributed by atoms with Gasteiger partial charge in [0.25, 0.3) is 0 Å². The summed E-state index contributed by atoms with van der Waals surface area (Å²) in [4.78, 5) is 26.9. The van der Waals surface area contributed by atoms with E-state index in [0.717, 1.165) is 12.0 Å². The van der Waals surface area contributed by atoms with Gasteiger partial charge in [0.05, 0.1) is 14.2 Å². The summed E-state index contributed by atoms with van der Waals surface area (Å²) >= 11 is 0. The van der Waals surface area contributed by atoms with Crippen LogP contribution < -0.4 is 0 Å². The van der Waals surface area contributed by atoms with Crippen molar-refractivity contribution in [3.05, 3.63) is 70.8 Å². The Balaban J connectivity index is 1.94. The number of carbonyl (C=O) groups is 2. The minimum absolute atomic E-state index is 0.345. The van der Waals surface area contributed by atoms with Gasteiger partial charge in [-0.1, -0.05) is 62.4 Å². The Morgan fingerprint density at radius 1 is 0.750 bits per heavy atom. The summed E-state index contributed by atoms with van der Waals surface area (Å²) < 4.78 is 10.6. The van der Waals surface area contributed by atoms with Crippen molar-refractivity contribution in [2.75, 3.05) is 14.2 Å². The van der Waals surface area contributed by atoms with E-state index in [1.54, 1.807) is 0 Å². The van der Waals surface area contributed by atoms with Gasteiger partial charge in [0.15, 0.2) is 5.41 Å². The van der Waals surface area contributed by atoms with E-state index in [4.69, 9.17) is 9.47 Å². The third kappa shape index (κ3) is 1.34. The molecule has 0 bridgehead atoms. The first kappa shape index (κ1) is 17.5. The number of hydrogen-bond donors (Lipinski definition) is 0. The van der Waals surface area contributed by atoms with Crippen LogP contribution in [-0.4, -0.2) is 26.2 Å². The number of hydrogen-bond acceptors (Lipinski definition) is 4. The summed E-state index contributed by atoms with van der Waals surface area (Å²) in [6, 6.07) is 16.6. The molecule has 2 aromatic carbocycles. The number of esters is 2. The maximum atomic E-state index is 13.4. The SMILES string of the molecule is COC(=O)C1(C(=O)OC)C(C)(C)C23Cc4ccccc4C12Cc1ccccc13. The van der Waals surface area contributed by atoms with Crippen LogP contribution in [0.4, 0.5) is 0 Å². The molecule has 1 fully saturated rings. The van der Waals surface area contributed by atoms with Crippen molar-refractivity contribution < 1.29 is 19.1 Å². The molecule has 2 atom stereocenters. The van der Waals surface area contributed by atoms with Crippen LogP contribution in [0, 0.1) is 10.8 Å². The first-order valence-corrected chi connectivity index (χ1v) is 9.70. The lowest BCUT2D eigenvalue weighted by Crippen LogP contribution is -2.84. The lowest BCUT2D eigenvalue weighted by atomic mass is 9.25. The molecule has 0 radical (unpaired) electrons. The van der Waals surface area contributed by atoms with Crippen LogP contribution in [0.3, 0.4) is 0 Å². The Morgan fingerprint density at radius 3 is 1.68 bits per heavy atom. The zero-order valence-corrected chi connectivity index (χ0v) is 16.7. The molecule has 3 aliphatic carbocycles. The number of benzene rings is 2. The summed E-state index contributed by atoms with van der Waals surface area (Å²) in [6.45, 7) is 4.07. The number of rotatable bonds is 2. The van der Waals surface area contributed by atoms with E-state index >= 15 is 0 Å². The van der Waals surface area contributed by atoms with E-state index in [2.05, 4.69) is 30.3 Å². The van der Waals surface area contributed by atoms with Gasteiger partial charge in [0.2, 0.25) is 0 Å². The molecule has 0 N–H and O–H groups in total. The van der Waals surface area contributed by atoms with Crippen LogP contribution in [0.25, 0.3) is 0 Å².